The fourth-order valence-electron chi connectivity index (χ4n) is 3.58. The molecule has 0 fully saturated rings. The Morgan fingerprint density at radius 3 is 2.48 bits per heavy atom. The van der Waals surface area contributed by atoms with Crippen molar-refractivity contribution in [2.24, 2.45) is 0 Å². The summed E-state index contributed by atoms with van der Waals surface area (Å²) in [6.45, 7) is 0. The van der Waals surface area contributed by atoms with Crippen LogP contribution in [0.25, 0.3) is 22.0 Å². The number of aromatic nitrogens is 2. The van der Waals surface area contributed by atoms with Crippen molar-refractivity contribution in [3.63, 3.8) is 0 Å². The van der Waals surface area contributed by atoms with Gasteiger partial charge < -0.3 is 8.98 Å². The van der Waals surface area contributed by atoms with Gasteiger partial charge in [-0.05, 0) is 29.8 Å². The van der Waals surface area contributed by atoms with Gasteiger partial charge >= 0.3 is 5.63 Å². The molecule has 0 saturated carbocycles. The molecule has 1 unspecified atom stereocenters. The summed E-state index contributed by atoms with van der Waals surface area (Å²) in [6.07, 6.45) is 1.79. The number of imidazole rings is 1. The molecule has 0 radical (unpaired) electrons. The first kappa shape index (κ1) is 15.6. The minimum atomic E-state index is -0.333. The molecule has 0 amide bonds. The van der Waals surface area contributed by atoms with Gasteiger partial charge in [-0.25, -0.2) is 9.78 Å². The molecule has 0 aliphatic carbocycles. The number of benzene rings is 3. The summed E-state index contributed by atoms with van der Waals surface area (Å²) in [5.74, 6) is 0. The highest BCUT2D eigenvalue weighted by atomic mass is 16.4. The molecular formula is C23H16N2O2. The van der Waals surface area contributed by atoms with Crippen LogP contribution in [-0.4, -0.2) is 9.55 Å². The van der Waals surface area contributed by atoms with Crippen LogP contribution in [0.1, 0.15) is 17.2 Å². The van der Waals surface area contributed by atoms with E-state index in [4.69, 9.17) is 4.42 Å². The fourth-order valence-corrected chi connectivity index (χ4v) is 3.58. The summed E-state index contributed by atoms with van der Waals surface area (Å²) < 4.78 is 7.65. The highest BCUT2D eigenvalue weighted by Gasteiger charge is 2.22. The maximum Gasteiger partial charge on any atom is 0.341 e. The average molecular weight is 352 g/mol. The molecule has 0 saturated heterocycles. The highest BCUT2D eigenvalue weighted by Crippen LogP contribution is 2.29. The Balaban J connectivity index is 1.82. The molecule has 0 N–H and O–H groups in total. The fraction of sp³-hybridized carbons (Fsp3) is 0.0435. The van der Waals surface area contributed by atoms with Crippen LogP contribution in [-0.2, 0) is 0 Å². The minimum absolute atomic E-state index is 0.320. The molecule has 5 rings (SSSR count). The van der Waals surface area contributed by atoms with Crippen LogP contribution in [0, 0.1) is 0 Å². The third-order valence-electron chi connectivity index (χ3n) is 4.84. The van der Waals surface area contributed by atoms with E-state index < -0.39 is 0 Å². The largest absolute Gasteiger partial charge is 0.422 e. The zero-order chi connectivity index (χ0) is 18.2. The Bertz CT molecular complexity index is 1300. The van der Waals surface area contributed by atoms with Crippen molar-refractivity contribution < 1.29 is 4.42 Å². The number of fused-ring (bicyclic) bond motifs is 2. The molecule has 0 aliphatic rings. The molecule has 1 atom stereocenters. The second-order valence-corrected chi connectivity index (χ2v) is 6.48. The standard InChI is InChI=1S/C23H16N2O2/c26-23-18(14-17-10-4-7-13-21(17)27-23)22(16-8-2-1-3-9-16)25-15-24-19-11-5-6-12-20(19)25/h1-15,22H. The summed E-state index contributed by atoms with van der Waals surface area (Å²) in [5.41, 5.74) is 3.71. The molecule has 0 aliphatic heterocycles. The second-order valence-electron chi connectivity index (χ2n) is 6.48. The Hall–Kier alpha value is -3.66. The predicted octanol–water partition coefficient (Wildman–Crippen LogP) is 4.78. The summed E-state index contributed by atoms with van der Waals surface area (Å²) in [5, 5.41) is 0.900. The predicted molar refractivity (Wildman–Crippen MR) is 106 cm³/mol. The zero-order valence-corrected chi connectivity index (χ0v) is 14.4. The van der Waals surface area contributed by atoms with E-state index in [1.807, 2.05) is 89.5 Å². The van der Waals surface area contributed by atoms with E-state index >= 15 is 0 Å². The molecule has 0 spiro atoms. The van der Waals surface area contributed by atoms with Crippen LogP contribution < -0.4 is 5.63 Å². The molecule has 0 bridgehead atoms. The Kier molecular flexibility index (Phi) is 3.61. The SMILES string of the molecule is O=c1oc2ccccc2cc1C(c1ccccc1)n1cnc2ccccc21. The molecule has 2 aromatic heterocycles. The van der Waals surface area contributed by atoms with Crippen molar-refractivity contribution in [3.8, 4) is 0 Å². The Labute approximate surface area is 155 Å². The maximum atomic E-state index is 12.9. The number of para-hydroxylation sites is 3. The van der Waals surface area contributed by atoms with Crippen molar-refractivity contribution in [2.45, 2.75) is 6.04 Å². The lowest BCUT2D eigenvalue weighted by Crippen LogP contribution is -2.19. The summed E-state index contributed by atoms with van der Waals surface area (Å²) in [4.78, 5) is 17.4. The van der Waals surface area contributed by atoms with E-state index in [2.05, 4.69) is 4.98 Å². The van der Waals surface area contributed by atoms with E-state index in [9.17, 15) is 4.79 Å². The van der Waals surface area contributed by atoms with Gasteiger partial charge in [0.15, 0.2) is 0 Å². The van der Waals surface area contributed by atoms with E-state index in [0.29, 0.717) is 11.1 Å². The first-order valence-electron chi connectivity index (χ1n) is 8.80. The van der Waals surface area contributed by atoms with Crippen molar-refractivity contribution >= 4 is 22.0 Å². The van der Waals surface area contributed by atoms with Crippen LogP contribution in [0.5, 0.6) is 0 Å². The number of rotatable bonds is 3. The molecule has 5 aromatic rings. The van der Waals surface area contributed by atoms with Gasteiger partial charge in [0.1, 0.15) is 5.58 Å². The lowest BCUT2D eigenvalue weighted by atomic mass is 9.98. The smallest absolute Gasteiger partial charge is 0.341 e. The van der Waals surface area contributed by atoms with Gasteiger partial charge in [-0.3, -0.25) is 0 Å². The minimum Gasteiger partial charge on any atom is -0.422 e. The Morgan fingerprint density at radius 1 is 0.852 bits per heavy atom. The lowest BCUT2D eigenvalue weighted by Gasteiger charge is -2.20. The van der Waals surface area contributed by atoms with Gasteiger partial charge in [-0.2, -0.15) is 0 Å². The van der Waals surface area contributed by atoms with Gasteiger partial charge in [0.25, 0.3) is 0 Å². The third-order valence-corrected chi connectivity index (χ3v) is 4.84. The van der Waals surface area contributed by atoms with Gasteiger partial charge in [0, 0.05) is 5.39 Å². The van der Waals surface area contributed by atoms with Gasteiger partial charge in [0.2, 0.25) is 0 Å². The molecule has 130 valence electrons. The van der Waals surface area contributed by atoms with Gasteiger partial charge in [-0.1, -0.05) is 60.7 Å². The molecule has 4 heteroatoms. The summed E-state index contributed by atoms with van der Waals surface area (Å²) >= 11 is 0. The summed E-state index contributed by atoms with van der Waals surface area (Å²) in [6, 6.07) is 27.1. The van der Waals surface area contributed by atoms with Crippen LogP contribution in [0.3, 0.4) is 0 Å². The van der Waals surface area contributed by atoms with Crippen LogP contribution in [0.2, 0.25) is 0 Å². The normalized spacial score (nSPS) is 12.4. The third kappa shape index (κ3) is 2.62. The van der Waals surface area contributed by atoms with Crippen molar-refractivity contribution in [3.05, 3.63) is 113 Å². The number of hydrogen-bond donors (Lipinski definition) is 0. The Morgan fingerprint density at radius 2 is 1.59 bits per heavy atom. The zero-order valence-electron chi connectivity index (χ0n) is 14.4. The van der Waals surface area contributed by atoms with Crippen LogP contribution in [0.15, 0.2) is 100 Å². The average Bonchev–Trinajstić information content (AvgIpc) is 3.13. The van der Waals surface area contributed by atoms with Crippen molar-refractivity contribution in [1.29, 1.82) is 0 Å². The van der Waals surface area contributed by atoms with Crippen molar-refractivity contribution in [2.75, 3.05) is 0 Å². The molecule has 3 aromatic carbocycles. The van der Waals surface area contributed by atoms with Gasteiger partial charge in [0.05, 0.1) is 29.0 Å². The molecular weight excluding hydrogens is 336 g/mol. The monoisotopic (exact) mass is 352 g/mol. The van der Waals surface area contributed by atoms with E-state index in [0.717, 1.165) is 22.0 Å². The van der Waals surface area contributed by atoms with Crippen molar-refractivity contribution in [1.82, 2.24) is 9.55 Å². The lowest BCUT2D eigenvalue weighted by molar-refractivity contribution is 0.535. The van der Waals surface area contributed by atoms with Gasteiger partial charge in [-0.15, -0.1) is 0 Å². The van der Waals surface area contributed by atoms with E-state index in [1.54, 1.807) is 6.33 Å². The number of nitrogens with zero attached hydrogens (tertiary/aromatic N) is 2. The first-order valence-corrected chi connectivity index (χ1v) is 8.80. The number of hydrogen-bond acceptors (Lipinski definition) is 3. The molecule has 2 heterocycles. The van der Waals surface area contributed by atoms with Crippen LogP contribution >= 0.6 is 0 Å². The first-order chi connectivity index (χ1) is 13.3. The van der Waals surface area contributed by atoms with E-state index in [-0.39, 0.29) is 11.7 Å². The maximum absolute atomic E-state index is 12.9. The van der Waals surface area contributed by atoms with Crippen LogP contribution in [0.4, 0.5) is 0 Å². The van der Waals surface area contributed by atoms with E-state index in [1.165, 1.54) is 0 Å². The second kappa shape index (κ2) is 6.25. The quantitative estimate of drug-likeness (QED) is 0.439. The molecule has 4 nitrogen and oxygen atoms in total. The summed E-state index contributed by atoms with van der Waals surface area (Å²) in [7, 11) is 0. The highest BCUT2D eigenvalue weighted by molar-refractivity contribution is 5.78. The topological polar surface area (TPSA) is 48.0 Å². The molecule has 27 heavy (non-hydrogen) atoms.